The van der Waals surface area contributed by atoms with E-state index in [4.69, 9.17) is 5.73 Å². The molecular weight excluding hydrogens is 346 g/mol. The summed E-state index contributed by atoms with van der Waals surface area (Å²) >= 11 is 0. The Balaban J connectivity index is 0.00000243. The van der Waals surface area contributed by atoms with Crippen LogP contribution in [0.15, 0.2) is 48.5 Å². The van der Waals surface area contributed by atoms with Gasteiger partial charge < -0.3 is 16.0 Å². The summed E-state index contributed by atoms with van der Waals surface area (Å²) in [6.07, 6.45) is 2.01. The smallest absolute Gasteiger partial charge is 0.240 e. The van der Waals surface area contributed by atoms with Crippen LogP contribution in [-0.2, 0) is 11.2 Å². The number of nitrogen functional groups attached to an aromatic ring is 1. The van der Waals surface area contributed by atoms with Crippen molar-refractivity contribution in [3.8, 4) is 0 Å². The van der Waals surface area contributed by atoms with Gasteiger partial charge in [0.1, 0.15) is 0 Å². The first-order valence-electron chi connectivity index (χ1n) is 9.03. The molecule has 3 rings (SSSR count). The zero-order chi connectivity index (χ0) is 17.8. The summed E-state index contributed by atoms with van der Waals surface area (Å²) in [6, 6.07) is 16.2. The third-order valence-corrected chi connectivity index (χ3v) is 4.86. The minimum atomic E-state index is 0. The van der Waals surface area contributed by atoms with Crippen molar-refractivity contribution in [1.82, 2.24) is 5.32 Å². The van der Waals surface area contributed by atoms with E-state index in [2.05, 4.69) is 42.3 Å². The molecule has 1 aliphatic rings. The lowest BCUT2D eigenvalue weighted by atomic mass is 9.96. The average molecular weight is 374 g/mol. The maximum absolute atomic E-state index is 12.7. The van der Waals surface area contributed by atoms with Gasteiger partial charge in [0, 0.05) is 17.9 Å². The second kappa shape index (κ2) is 8.95. The van der Waals surface area contributed by atoms with Gasteiger partial charge in [-0.1, -0.05) is 50.2 Å². The van der Waals surface area contributed by atoms with Gasteiger partial charge in [-0.05, 0) is 42.0 Å². The molecule has 1 aliphatic heterocycles. The van der Waals surface area contributed by atoms with Crippen molar-refractivity contribution in [2.24, 2.45) is 5.92 Å². The molecule has 0 radical (unpaired) electrons. The van der Waals surface area contributed by atoms with Crippen molar-refractivity contribution < 1.29 is 4.79 Å². The average Bonchev–Trinajstić information content (AvgIpc) is 2.61. The number of halogens is 1. The topological polar surface area (TPSA) is 58.4 Å². The first kappa shape index (κ1) is 20.1. The highest BCUT2D eigenvalue weighted by Gasteiger charge is 2.23. The van der Waals surface area contributed by atoms with E-state index < -0.39 is 0 Å². The van der Waals surface area contributed by atoms with E-state index >= 15 is 0 Å². The van der Waals surface area contributed by atoms with Crippen molar-refractivity contribution >= 4 is 29.7 Å². The van der Waals surface area contributed by atoms with Crippen LogP contribution in [0.1, 0.15) is 37.4 Å². The predicted octanol–water partition coefficient (Wildman–Crippen LogP) is 3.96. The van der Waals surface area contributed by atoms with Crippen molar-refractivity contribution in [1.29, 1.82) is 0 Å². The number of hydrogen-bond acceptors (Lipinski definition) is 3. The molecule has 5 heteroatoms. The summed E-state index contributed by atoms with van der Waals surface area (Å²) in [5, 5.41) is 3.21. The molecule has 0 spiro atoms. The molecule has 140 valence electrons. The van der Waals surface area contributed by atoms with E-state index in [1.54, 1.807) is 0 Å². The summed E-state index contributed by atoms with van der Waals surface area (Å²) in [6.45, 7) is 5.53. The fourth-order valence-electron chi connectivity index (χ4n) is 3.58. The van der Waals surface area contributed by atoms with E-state index in [1.165, 1.54) is 5.56 Å². The normalized spacial score (nSPS) is 14.3. The van der Waals surface area contributed by atoms with E-state index in [-0.39, 0.29) is 24.4 Å². The van der Waals surface area contributed by atoms with Crippen LogP contribution in [0.25, 0.3) is 0 Å². The minimum absolute atomic E-state index is 0. The zero-order valence-electron chi connectivity index (χ0n) is 15.4. The molecule has 1 atom stereocenters. The van der Waals surface area contributed by atoms with Gasteiger partial charge in [0.05, 0.1) is 12.6 Å². The first-order chi connectivity index (χ1) is 12.1. The van der Waals surface area contributed by atoms with Crippen LogP contribution >= 0.6 is 12.4 Å². The van der Waals surface area contributed by atoms with Crippen molar-refractivity contribution in [2.45, 2.75) is 32.7 Å². The Bertz CT molecular complexity index is 733. The molecule has 1 heterocycles. The highest BCUT2D eigenvalue weighted by molar-refractivity contribution is 5.85. The van der Waals surface area contributed by atoms with E-state index in [1.807, 2.05) is 30.3 Å². The maximum atomic E-state index is 12.7. The van der Waals surface area contributed by atoms with Crippen LogP contribution in [0.5, 0.6) is 0 Å². The Hall–Kier alpha value is -2.20. The zero-order valence-corrected chi connectivity index (χ0v) is 16.3. The van der Waals surface area contributed by atoms with Crippen LogP contribution in [0.2, 0.25) is 0 Å². The van der Waals surface area contributed by atoms with Gasteiger partial charge in [0.2, 0.25) is 5.91 Å². The number of amides is 1. The molecule has 2 aromatic rings. The van der Waals surface area contributed by atoms with Gasteiger partial charge >= 0.3 is 0 Å². The number of fused-ring (bicyclic) bond motifs is 1. The lowest BCUT2D eigenvalue weighted by molar-refractivity contribution is -0.120. The van der Waals surface area contributed by atoms with Crippen molar-refractivity contribution in [3.63, 3.8) is 0 Å². The molecule has 4 nitrogen and oxygen atoms in total. The summed E-state index contributed by atoms with van der Waals surface area (Å²) in [5.41, 5.74) is 10.3. The molecule has 0 bridgehead atoms. The third-order valence-electron chi connectivity index (χ3n) is 4.86. The van der Waals surface area contributed by atoms with Gasteiger partial charge in [-0.15, -0.1) is 12.4 Å². The number of nitrogens with two attached hydrogens (primary N) is 1. The van der Waals surface area contributed by atoms with Crippen LogP contribution in [0.3, 0.4) is 0 Å². The van der Waals surface area contributed by atoms with Crippen LogP contribution in [0.4, 0.5) is 11.4 Å². The number of nitrogens with one attached hydrogen (secondary N) is 1. The summed E-state index contributed by atoms with van der Waals surface area (Å²) < 4.78 is 0. The predicted molar refractivity (Wildman–Crippen MR) is 111 cm³/mol. The van der Waals surface area contributed by atoms with Crippen LogP contribution in [0, 0.1) is 5.92 Å². The largest absolute Gasteiger partial charge is 0.398 e. The second-order valence-corrected chi connectivity index (χ2v) is 7.07. The molecule has 26 heavy (non-hydrogen) atoms. The van der Waals surface area contributed by atoms with Gasteiger partial charge in [-0.3, -0.25) is 4.79 Å². The minimum Gasteiger partial charge on any atom is -0.398 e. The lowest BCUT2D eigenvalue weighted by Crippen LogP contribution is -2.42. The van der Waals surface area contributed by atoms with Crippen molar-refractivity contribution in [2.75, 3.05) is 23.7 Å². The summed E-state index contributed by atoms with van der Waals surface area (Å²) in [5.74, 6) is 0.383. The Labute approximate surface area is 162 Å². The van der Waals surface area contributed by atoms with Crippen LogP contribution < -0.4 is 16.0 Å². The van der Waals surface area contributed by atoms with E-state index in [0.29, 0.717) is 12.5 Å². The number of rotatable bonds is 5. The number of benzene rings is 2. The molecule has 0 saturated carbocycles. The van der Waals surface area contributed by atoms with Gasteiger partial charge in [-0.25, -0.2) is 0 Å². The lowest BCUT2D eigenvalue weighted by Gasteiger charge is -2.32. The molecule has 1 unspecified atom stereocenters. The third kappa shape index (κ3) is 4.50. The number of nitrogens with zero attached hydrogens (tertiary/aromatic N) is 1. The van der Waals surface area contributed by atoms with E-state index in [0.717, 1.165) is 36.3 Å². The second-order valence-electron chi connectivity index (χ2n) is 7.07. The number of carbonyl (C=O) groups excluding carboxylic acids is 1. The molecule has 0 saturated heterocycles. The summed E-state index contributed by atoms with van der Waals surface area (Å²) in [4.78, 5) is 14.9. The van der Waals surface area contributed by atoms with E-state index in [9.17, 15) is 4.79 Å². The van der Waals surface area contributed by atoms with Gasteiger partial charge in [0.25, 0.3) is 0 Å². The van der Waals surface area contributed by atoms with Crippen molar-refractivity contribution in [3.05, 3.63) is 59.7 Å². The fraction of sp³-hybridized carbons (Fsp3) is 0.381. The highest BCUT2D eigenvalue weighted by Crippen LogP contribution is 2.31. The molecular formula is C21H28ClN3O. The molecule has 2 aromatic carbocycles. The van der Waals surface area contributed by atoms with Gasteiger partial charge in [0.15, 0.2) is 0 Å². The van der Waals surface area contributed by atoms with Crippen LogP contribution in [-0.4, -0.2) is 19.0 Å². The fourth-order valence-corrected chi connectivity index (χ4v) is 3.58. The first-order valence-corrected chi connectivity index (χ1v) is 9.03. The maximum Gasteiger partial charge on any atom is 0.240 e. The number of anilines is 2. The Morgan fingerprint density at radius 3 is 2.58 bits per heavy atom. The quantitative estimate of drug-likeness (QED) is 0.780. The molecule has 3 N–H and O–H groups in total. The molecule has 1 amide bonds. The standard InChI is InChI=1S/C21H27N3O.ClH/c1-15(2)21(16-8-4-3-5-9-16)23-20(25)14-24-13-7-10-17-18(22)11-6-12-19(17)24;/h3-6,8-9,11-12,15,21H,7,10,13-14,22H2,1-2H3,(H,23,25);1H. The Kier molecular flexibility index (Phi) is 6.92. The Morgan fingerprint density at radius 2 is 1.88 bits per heavy atom. The number of hydrogen-bond donors (Lipinski definition) is 2. The SMILES string of the molecule is CC(C)C(NC(=O)CN1CCCc2c(N)cccc21)c1ccccc1.Cl. The van der Waals surface area contributed by atoms with Gasteiger partial charge in [-0.2, -0.15) is 0 Å². The highest BCUT2D eigenvalue weighted by atomic mass is 35.5. The summed E-state index contributed by atoms with van der Waals surface area (Å²) in [7, 11) is 0. The molecule has 0 aromatic heterocycles. The number of carbonyl (C=O) groups is 1. The molecule has 0 fully saturated rings. The monoisotopic (exact) mass is 373 g/mol. The molecule has 0 aliphatic carbocycles. The Morgan fingerprint density at radius 1 is 1.15 bits per heavy atom.